The summed E-state index contributed by atoms with van der Waals surface area (Å²) < 4.78 is 0. The molecule has 6 heteroatoms. The summed E-state index contributed by atoms with van der Waals surface area (Å²) in [5, 5.41) is 12.5. The van der Waals surface area contributed by atoms with Crippen molar-refractivity contribution in [3.63, 3.8) is 0 Å². The Morgan fingerprint density at radius 3 is 2.19 bits per heavy atom. The van der Waals surface area contributed by atoms with Crippen LogP contribution in [0.3, 0.4) is 0 Å². The Morgan fingerprint density at radius 1 is 1.00 bits per heavy atom. The first-order valence-corrected chi connectivity index (χ1v) is 9.68. The van der Waals surface area contributed by atoms with Gasteiger partial charge in [0.2, 0.25) is 5.91 Å². The molecule has 3 rings (SSSR count). The molecule has 0 saturated carbocycles. The molecule has 2 fully saturated rings. The predicted molar refractivity (Wildman–Crippen MR) is 100 cm³/mol. The third kappa shape index (κ3) is 4.48. The van der Waals surface area contributed by atoms with Gasteiger partial charge >= 0.3 is 6.03 Å². The van der Waals surface area contributed by atoms with Crippen LogP contribution in [0.2, 0.25) is 0 Å². The number of rotatable bonds is 3. The minimum absolute atomic E-state index is 0.00324. The van der Waals surface area contributed by atoms with Gasteiger partial charge in [0.15, 0.2) is 0 Å². The quantitative estimate of drug-likeness (QED) is 0.871. The van der Waals surface area contributed by atoms with E-state index in [9.17, 15) is 14.7 Å². The van der Waals surface area contributed by atoms with E-state index in [0.29, 0.717) is 13.1 Å². The summed E-state index contributed by atoms with van der Waals surface area (Å²) in [5.74, 6) is -0.0628. The molecule has 6 nitrogen and oxygen atoms in total. The number of phenolic OH excluding ortho intramolecular Hbond substituents is 1. The number of urea groups is 1. The van der Waals surface area contributed by atoms with Crippen LogP contribution in [0.5, 0.6) is 5.75 Å². The number of carbonyl (C=O) groups is 2. The van der Waals surface area contributed by atoms with Gasteiger partial charge in [-0.05, 0) is 56.7 Å². The van der Waals surface area contributed by atoms with Crippen molar-refractivity contribution in [3.8, 4) is 5.75 Å². The summed E-state index contributed by atoms with van der Waals surface area (Å²) >= 11 is 0. The number of carbonyl (C=O) groups excluding carboxylic acids is 2. The topological polar surface area (TPSA) is 72.9 Å². The highest BCUT2D eigenvalue weighted by Crippen LogP contribution is 2.20. The molecule has 0 radical (unpaired) electrons. The maximum atomic E-state index is 12.5. The van der Waals surface area contributed by atoms with E-state index < -0.39 is 0 Å². The van der Waals surface area contributed by atoms with Gasteiger partial charge in [0, 0.05) is 32.2 Å². The number of likely N-dealkylation sites (tertiary alicyclic amines) is 2. The van der Waals surface area contributed by atoms with E-state index in [2.05, 4.69) is 5.32 Å². The van der Waals surface area contributed by atoms with E-state index in [-0.39, 0.29) is 29.6 Å². The van der Waals surface area contributed by atoms with Gasteiger partial charge in [-0.25, -0.2) is 4.79 Å². The van der Waals surface area contributed by atoms with Crippen LogP contribution < -0.4 is 5.32 Å². The van der Waals surface area contributed by atoms with Gasteiger partial charge in [0.25, 0.3) is 0 Å². The maximum absolute atomic E-state index is 12.5. The van der Waals surface area contributed by atoms with Crippen molar-refractivity contribution in [2.45, 2.75) is 51.0 Å². The van der Waals surface area contributed by atoms with E-state index in [1.165, 1.54) is 6.42 Å². The fraction of sp³-hybridized carbons (Fsp3) is 0.600. The minimum atomic E-state index is -0.261. The highest BCUT2D eigenvalue weighted by atomic mass is 16.3. The van der Waals surface area contributed by atoms with Crippen LogP contribution in [0, 0.1) is 0 Å². The number of aromatic hydroxyl groups is 1. The van der Waals surface area contributed by atoms with E-state index in [0.717, 1.165) is 44.3 Å². The van der Waals surface area contributed by atoms with Crippen LogP contribution in [-0.2, 0) is 4.79 Å². The Balaban J connectivity index is 1.46. The van der Waals surface area contributed by atoms with Crippen molar-refractivity contribution in [2.24, 2.45) is 0 Å². The predicted octanol–water partition coefficient (Wildman–Crippen LogP) is 2.68. The number of hydrogen-bond acceptors (Lipinski definition) is 3. The molecule has 26 heavy (non-hydrogen) atoms. The molecule has 1 atom stereocenters. The first-order chi connectivity index (χ1) is 12.5. The normalized spacial score (nSPS) is 19.9. The second-order valence-electron chi connectivity index (χ2n) is 7.41. The van der Waals surface area contributed by atoms with Gasteiger partial charge in [-0.15, -0.1) is 0 Å². The van der Waals surface area contributed by atoms with Crippen molar-refractivity contribution < 1.29 is 14.7 Å². The third-order valence-electron chi connectivity index (χ3n) is 5.52. The van der Waals surface area contributed by atoms with Crippen LogP contribution in [0.15, 0.2) is 24.3 Å². The van der Waals surface area contributed by atoms with Gasteiger partial charge < -0.3 is 20.2 Å². The van der Waals surface area contributed by atoms with Crippen LogP contribution in [0.25, 0.3) is 0 Å². The average Bonchev–Trinajstić information content (AvgIpc) is 2.68. The second kappa shape index (κ2) is 8.43. The van der Waals surface area contributed by atoms with Crippen molar-refractivity contribution in [2.75, 3.05) is 26.2 Å². The smallest absolute Gasteiger partial charge is 0.319 e. The SMILES string of the molecule is C[C@H](C(=O)NC1CCN(C(=O)N2CCCCC2)CC1)c1ccc(O)cc1. The van der Waals surface area contributed by atoms with E-state index in [4.69, 9.17) is 0 Å². The summed E-state index contributed by atoms with van der Waals surface area (Å²) in [6.45, 7) is 5.03. The van der Waals surface area contributed by atoms with Gasteiger partial charge in [-0.1, -0.05) is 12.1 Å². The van der Waals surface area contributed by atoms with Crippen molar-refractivity contribution >= 4 is 11.9 Å². The van der Waals surface area contributed by atoms with Crippen LogP contribution in [0.4, 0.5) is 4.79 Å². The molecule has 2 aliphatic heterocycles. The highest BCUT2D eigenvalue weighted by Gasteiger charge is 2.28. The molecule has 2 N–H and O–H groups in total. The van der Waals surface area contributed by atoms with Crippen molar-refractivity contribution in [3.05, 3.63) is 29.8 Å². The van der Waals surface area contributed by atoms with E-state index in [1.54, 1.807) is 24.3 Å². The number of nitrogens with zero attached hydrogens (tertiary/aromatic N) is 2. The van der Waals surface area contributed by atoms with Gasteiger partial charge in [-0.3, -0.25) is 4.79 Å². The van der Waals surface area contributed by atoms with Crippen molar-refractivity contribution in [1.82, 2.24) is 15.1 Å². The van der Waals surface area contributed by atoms with Gasteiger partial charge in [0.1, 0.15) is 5.75 Å². The van der Waals surface area contributed by atoms with E-state index in [1.807, 2.05) is 16.7 Å². The summed E-state index contributed by atoms with van der Waals surface area (Å²) in [7, 11) is 0. The maximum Gasteiger partial charge on any atom is 0.319 e. The van der Waals surface area contributed by atoms with Crippen LogP contribution in [-0.4, -0.2) is 59.1 Å². The first kappa shape index (κ1) is 18.5. The Labute approximate surface area is 155 Å². The monoisotopic (exact) mass is 359 g/mol. The third-order valence-corrected chi connectivity index (χ3v) is 5.52. The number of hydrogen-bond donors (Lipinski definition) is 2. The Hall–Kier alpha value is -2.24. The standard InChI is InChI=1S/C20H29N3O3/c1-15(16-5-7-18(24)8-6-16)19(25)21-17-9-13-23(14-10-17)20(26)22-11-3-2-4-12-22/h5-8,15,17,24H,2-4,9-14H2,1H3,(H,21,25)/t15-/m0/s1. The number of benzene rings is 1. The molecule has 2 saturated heterocycles. The molecule has 0 aliphatic carbocycles. The van der Waals surface area contributed by atoms with Gasteiger partial charge in [0.05, 0.1) is 5.92 Å². The number of phenols is 1. The summed E-state index contributed by atoms with van der Waals surface area (Å²) in [6.07, 6.45) is 5.03. The van der Waals surface area contributed by atoms with Gasteiger partial charge in [-0.2, -0.15) is 0 Å². The first-order valence-electron chi connectivity index (χ1n) is 9.68. The lowest BCUT2D eigenvalue weighted by Crippen LogP contribution is -2.51. The zero-order valence-electron chi connectivity index (χ0n) is 15.5. The number of nitrogens with one attached hydrogen (secondary N) is 1. The van der Waals surface area contributed by atoms with Crippen LogP contribution >= 0.6 is 0 Å². The summed E-state index contributed by atoms with van der Waals surface area (Å²) in [5.41, 5.74) is 0.887. The Kier molecular flexibility index (Phi) is 6.01. The molecule has 1 aromatic rings. The van der Waals surface area contributed by atoms with Crippen molar-refractivity contribution in [1.29, 1.82) is 0 Å². The largest absolute Gasteiger partial charge is 0.508 e. The molecule has 0 aromatic heterocycles. The zero-order chi connectivity index (χ0) is 18.5. The molecule has 1 aromatic carbocycles. The highest BCUT2D eigenvalue weighted by molar-refractivity contribution is 5.83. The fourth-order valence-electron chi connectivity index (χ4n) is 3.74. The fourth-order valence-corrected chi connectivity index (χ4v) is 3.74. The average molecular weight is 359 g/mol. The Bertz CT molecular complexity index is 618. The molecule has 2 aliphatic rings. The molecular formula is C20H29N3O3. The summed E-state index contributed by atoms with van der Waals surface area (Å²) in [6, 6.07) is 7.03. The second-order valence-corrected chi connectivity index (χ2v) is 7.41. The lowest BCUT2D eigenvalue weighted by atomic mass is 9.98. The number of amides is 3. The summed E-state index contributed by atoms with van der Waals surface area (Å²) in [4.78, 5) is 28.9. The molecule has 2 heterocycles. The molecule has 0 bridgehead atoms. The lowest BCUT2D eigenvalue weighted by molar-refractivity contribution is -0.123. The molecule has 3 amide bonds. The van der Waals surface area contributed by atoms with Crippen LogP contribution in [0.1, 0.15) is 50.5 Å². The minimum Gasteiger partial charge on any atom is -0.508 e. The molecule has 0 spiro atoms. The Morgan fingerprint density at radius 2 is 1.58 bits per heavy atom. The molecule has 142 valence electrons. The molecular weight excluding hydrogens is 330 g/mol. The number of piperidine rings is 2. The lowest BCUT2D eigenvalue weighted by Gasteiger charge is -2.37. The zero-order valence-corrected chi connectivity index (χ0v) is 15.5. The van der Waals surface area contributed by atoms with E-state index >= 15 is 0 Å². The molecule has 0 unspecified atom stereocenters.